The molecule has 2 unspecified atom stereocenters. The van der Waals surface area contributed by atoms with Gasteiger partial charge >= 0.3 is 0 Å². The standard InChI is InChI=1S/C16H24N2O2/c1-17(2)14-6-4-5-7-15(14)18(3)16(20)12-8-10-13(19)11-9-12/h8-11,14-15,19H,4-7H2,1-3H3/p+1. The smallest absolute Gasteiger partial charge is 0.254 e. The Labute approximate surface area is 121 Å². The van der Waals surface area contributed by atoms with Gasteiger partial charge in [-0.25, -0.2) is 0 Å². The number of hydrogen-bond donors (Lipinski definition) is 2. The number of phenolic OH excluding ortho intramolecular Hbond substituents is 1. The van der Waals surface area contributed by atoms with Gasteiger partial charge in [-0.05, 0) is 37.1 Å². The van der Waals surface area contributed by atoms with Crippen LogP contribution in [0.2, 0.25) is 0 Å². The summed E-state index contributed by atoms with van der Waals surface area (Å²) in [5, 5.41) is 9.31. The predicted octanol–water partition coefficient (Wildman–Crippen LogP) is 0.920. The molecular formula is C16H25N2O2+. The fraction of sp³-hybridized carbons (Fsp3) is 0.562. The Morgan fingerprint density at radius 3 is 2.40 bits per heavy atom. The van der Waals surface area contributed by atoms with E-state index in [9.17, 15) is 9.90 Å². The average molecular weight is 277 g/mol. The second kappa shape index (κ2) is 6.27. The van der Waals surface area contributed by atoms with Crippen LogP contribution in [0.5, 0.6) is 5.75 Å². The Morgan fingerprint density at radius 2 is 1.80 bits per heavy atom. The van der Waals surface area contributed by atoms with Gasteiger partial charge in [0.1, 0.15) is 11.8 Å². The maximum absolute atomic E-state index is 12.6. The number of nitrogens with one attached hydrogen (secondary N) is 1. The summed E-state index contributed by atoms with van der Waals surface area (Å²) in [6.07, 6.45) is 4.71. The molecule has 2 atom stereocenters. The molecule has 1 fully saturated rings. The van der Waals surface area contributed by atoms with Crippen molar-refractivity contribution >= 4 is 5.91 Å². The lowest BCUT2D eigenvalue weighted by Crippen LogP contribution is -3.12. The van der Waals surface area contributed by atoms with E-state index in [-0.39, 0.29) is 11.7 Å². The van der Waals surface area contributed by atoms with Crippen LogP contribution >= 0.6 is 0 Å². The molecule has 0 aliphatic heterocycles. The molecular weight excluding hydrogens is 252 g/mol. The molecule has 1 saturated carbocycles. The molecule has 4 nitrogen and oxygen atoms in total. The number of hydrogen-bond acceptors (Lipinski definition) is 2. The van der Waals surface area contributed by atoms with Crippen LogP contribution in [0.25, 0.3) is 0 Å². The average Bonchev–Trinajstić information content (AvgIpc) is 2.46. The number of carbonyl (C=O) groups is 1. The molecule has 4 heteroatoms. The highest BCUT2D eigenvalue weighted by atomic mass is 16.3. The Bertz CT molecular complexity index is 456. The summed E-state index contributed by atoms with van der Waals surface area (Å²) in [7, 11) is 6.24. The summed E-state index contributed by atoms with van der Waals surface area (Å²) in [5.74, 6) is 0.237. The van der Waals surface area contributed by atoms with Crippen molar-refractivity contribution in [2.24, 2.45) is 0 Å². The van der Waals surface area contributed by atoms with Crippen LogP contribution in [0, 0.1) is 0 Å². The third-order valence-corrected chi connectivity index (χ3v) is 4.40. The summed E-state index contributed by atoms with van der Waals surface area (Å²) in [5.41, 5.74) is 0.642. The minimum atomic E-state index is 0.0446. The Balaban J connectivity index is 2.14. The third kappa shape index (κ3) is 3.12. The number of benzene rings is 1. The predicted molar refractivity (Wildman–Crippen MR) is 79.1 cm³/mol. The summed E-state index contributed by atoms with van der Waals surface area (Å²) < 4.78 is 0. The molecule has 110 valence electrons. The molecule has 1 aromatic carbocycles. The van der Waals surface area contributed by atoms with E-state index in [1.54, 1.807) is 24.3 Å². The van der Waals surface area contributed by atoms with Gasteiger partial charge in [-0.1, -0.05) is 6.42 Å². The van der Waals surface area contributed by atoms with Gasteiger partial charge in [0.15, 0.2) is 0 Å². The number of phenols is 1. The lowest BCUT2D eigenvalue weighted by Gasteiger charge is -2.38. The van der Waals surface area contributed by atoms with E-state index in [0.29, 0.717) is 17.6 Å². The fourth-order valence-electron chi connectivity index (χ4n) is 3.21. The van der Waals surface area contributed by atoms with Gasteiger partial charge in [-0.15, -0.1) is 0 Å². The lowest BCUT2D eigenvalue weighted by molar-refractivity contribution is -0.889. The van der Waals surface area contributed by atoms with Crippen LogP contribution in [0.4, 0.5) is 0 Å². The van der Waals surface area contributed by atoms with Crippen molar-refractivity contribution in [1.82, 2.24) is 4.90 Å². The van der Waals surface area contributed by atoms with Crippen molar-refractivity contribution in [3.8, 4) is 5.75 Å². The van der Waals surface area contributed by atoms with Gasteiger partial charge in [0.25, 0.3) is 5.91 Å². The van der Waals surface area contributed by atoms with E-state index >= 15 is 0 Å². The molecule has 0 radical (unpaired) electrons. The van der Waals surface area contributed by atoms with Crippen LogP contribution < -0.4 is 4.90 Å². The largest absolute Gasteiger partial charge is 0.508 e. The van der Waals surface area contributed by atoms with E-state index in [4.69, 9.17) is 0 Å². The van der Waals surface area contributed by atoms with E-state index < -0.39 is 0 Å². The van der Waals surface area contributed by atoms with E-state index in [1.165, 1.54) is 24.2 Å². The second-order valence-corrected chi connectivity index (χ2v) is 6.00. The normalized spacial score (nSPS) is 22.8. The number of aromatic hydroxyl groups is 1. The Hall–Kier alpha value is -1.55. The number of carbonyl (C=O) groups excluding carboxylic acids is 1. The zero-order chi connectivity index (χ0) is 14.7. The van der Waals surface area contributed by atoms with Gasteiger partial charge in [0, 0.05) is 19.0 Å². The Kier molecular flexibility index (Phi) is 4.65. The maximum Gasteiger partial charge on any atom is 0.254 e. The Morgan fingerprint density at radius 1 is 1.20 bits per heavy atom. The molecule has 1 aromatic rings. The first kappa shape index (κ1) is 14.9. The summed E-state index contributed by atoms with van der Waals surface area (Å²) in [6, 6.07) is 7.32. The highest BCUT2D eigenvalue weighted by Crippen LogP contribution is 2.22. The summed E-state index contributed by atoms with van der Waals surface area (Å²) in [4.78, 5) is 15.9. The van der Waals surface area contributed by atoms with Gasteiger partial charge in [-0.2, -0.15) is 0 Å². The van der Waals surface area contributed by atoms with E-state index in [2.05, 4.69) is 14.1 Å². The first-order valence-corrected chi connectivity index (χ1v) is 7.37. The van der Waals surface area contributed by atoms with E-state index in [1.807, 2.05) is 11.9 Å². The molecule has 0 aromatic heterocycles. The van der Waals surface area contributed by atoms with Crippen molar-refractivity contribution in [2.45, 2.75) is 37.8 Å². The zero-order valence-corrected chi connectivity index (χ0v) is 12.6. The van der Waals surface area contributed by atoms with Crippen LogP contribution in [0.1, 0.15) is 36.0 Å². The van der Waals surface area contributed by atoms with Crippen LogP contribution in [-0.2, 0) is 0 Å². The first-order chi connectivity index (χ1) is 9.50. The van der Waals surface area contributed by atoms with Gasteiger partial charge < -0.3 is 14.9 Å². The molecule has 1 amide bonds. The van der Waals surface area contributed by atoms with Gasteiger partial charge in [0.05, 0.1) is 20.1 Å². The molecule has 1 aliphatic rings. The molecule has 0 saturated heterocycles. The van der Waals surface area contributed by atoms with Crippen molar-refractivity contribution in [1.29, 1.82) is 0 Å². The van der Waals surface area contributed by atoms with Crippen molar-refractivity contribution < 1.29 is 14.8 Å². The van der Waals surface area contributed by atoms with E-state index in [0.717, 1.165) is 6.42 Å². The molecule has 0 spiro atoms. The molecule has 2 N–H and O–H groups in total. The minimum Gasteiger partial charge on any atom is -0.508 e. The SMILES string of the molecule is CN(C(=O)c1ccc(O)cc1)C1CCCCC1[NH+](C)C. The second-order valence-electron chi connectivity index (χ2n) is 6.00. The number of quaternary nitrogens is 1. The first-order valence-electron chi connectivity index (χ1n) is 7.37. The number of likely N-dealkylation sites (N-methyl/N-ethyl adjacent to an activating group) is 2. The van der Waals surface area contributed by atoms with Crippen LogP contribution in [0.3, 0.4) is 0 Å². The zero-order valence-electron chi connectivity index (χ0n) is 12.6. The van der Waals surface area contributed by atoms with Crippen molar-refractivity contribution in [3.63, 3.8) is 0 Å². The quantitative estimate of drug-likeness (QED) is 0.863. The fourth-order valence-corrected chi connectivity index (χ4v) is 3.21. The highest BCUT2D eigenvalue weighted by Gasteiger charge is 2.34. The topological polar surface area (TPSA) is 45.0 Å². The van der Waals surface area contributed by atoms with Crippen LogP contribution in [-0.4, -0.2) is 49.1 Å². The molecule has 20 heavy (non-hydrogen) atoms. The maximum atomic E-state index is 12.6. The van der Waals surface area contributed by atoms with Crippen molar-refractivity contribution in [3.05, 3.63) is 29.8 Å². The molecule has 0 heterocycles. The van der Waals surface area contributed by atoms with Gasteiger partial charge in [0.2, 0.25) is 0 Å². The van der Waals surface area contributed by atoms with Crippen molar-refractivity contribution in [2.75, 3.05) is 21.1 Å². The molecule has 2 rings (SSSR count). The number of rotatable bonds is 3. The third-order valence-electron chi connectivity index (χ3n) is 4.40. The summed E-state index contributed by atoms with van der Waals surface area (Å²) in [6.45, 7) is 0. The molecule has 1 aliphatic carbocycles. The minimum absolute atomic E-state index is 0.0446. The monoisotopic (exact) mass is 277 g/mol. The highest BCUT2D eigenvalue weighted by molar-refractivity contribution is 5.94. The van der Waals surface area contributed by atoms with Crippen LogP contribution in [0.15, 0.2) is 24.3 Å². The number of nitrogens with zero attached hydrogens (tertiary/aromatic N) is 1. The van der Waals surface area contributed by atoms with Gasteiger partial charge in [-0.3, -0.25) is 4.79 Å². The number of amides is 1. The lowest BCUT2D eigenvalue weighted by atomic mass is 9.88. The summed E-state index contributed by atoms with van der Waals surface area (Å²) >= 11 is 0. The molecule has 0 bridgehead atoms.